The van der Waals surface area contributed by atoms with Gasteiger partial charge >= 0.3 is 5.97 Å². The second-order valence-corrected chi connectivity index (χ2v) is 36.0. The number of Topliss-reactive ketones (excluding diaryl/α,β-unsaturated/α-hetero) is 1. The number of thioether (sulfide) groups is 1. The van der Waals surface area contributed by atoms with E-state index in [2.05, 4.69) is 52.8 Å². The Hall–Kier alpha value is -13.1. The van der Waals surface area contributed by atoms with Gasteiger partial charge in [0, 0.05) is 119 Å². The van der Waals surface area contributed by atoms with Crippen LogP contribution in [0.15, 0.2) is 85.2 Å². The number of carbonyl (C=O) groups is 19. The van der Waals surface area contributed by atoms with E-state index in [1.807, 2.05) is 13.8 Å². The number of hydrogen-bond donors (Lipinski definition) is 18. The van der Waals surface area contributed by atoms with Gasteiger partial charge in [-0.1, -0.05) is 102 Å². The number of nitrogens with one attached hydrogen (secondary N) is 10. The van der Waals surface area contributed by atoms with Crippen molar-refractivity contribution in [3.05, 3.63) is 102 Å². The van der Waals surface area contributed by atoms with E-state index in [0.717, 1.165) is 36.3 Å². The number of likely N-dealkylation sites (N-methyl/N-ethyl adjacent to an activating group) is 3. The molecule has 5 aromatic rings. The van der Waals surface area contributed by atoms with Crippen LogP contribution in [-0.2, 0) is 117 Å². The number of carboxylic acids is 1. The number of ketones is 1. The average Bonchev–Trinajstić information content (AvgIpc) is 1.55. The largest absolute Gasteiger partial charge is 0.508 e. The van der Waals surface area contributed by atoms with Gasteiger partial charge in [0.25, 0.3) is 0 Å². The molecule has 44 heteroatoms. The van der Waals surface area contributed by atoms with Crippen molar-refractivity contribution in [3.63, 3.8) is 0 Å². The number of hydrogen-bond acceptors (Lipinski definition) is 24. The van der Waals surface area contributed by atoms with Gasteiger partial charge in [0.15, 0.2) is 5.78 Å². The van der Waals surface area contributed by atoms with E-state index in [1.54, 1.807) is 68.6 Å². The van der Waals surface area contributed by atoms with E-state index in [-0.39, 0.29) is 82.5 Å². The Morgan fingerprint density at radius 3 is 1.81 bits per heavy atom. The zero-order valence-electron chi connectivity index (χ0n) is 77.3. The number of aromatic amines is 1. The predicted octanol–water partition coefficient (Wildman–Crippen LogP) is -2.93. The number of aliphatic hydroxyl groups excluding tert-OH is 1. The molecule has 3 saturated heterocycles. The van der Waals surface area contributed by atoms with Gasteiger partial charge in [-0.05, 0) is 112 Å². The maximum Gasteiger partial charge on any atom is 0.323 e. The van der Waals surface area contributed by atoms with Crippen LogP contribution in [0.2, 0.25) is 0 Å². The third kappa shape index (κ3) is 29.9. The van der Waals surface area contributed by atoms with E-state index in [0.29, 0.717) is 64.2 Å². The fourth-order valence-corrected chi connectivity index (χ4v) is 17.8. The monoisotopic (exact) mass is 1900 g/mol. The minimum atomic E-state index is -1.80. The molecule has 43 nitrogen and oxygen atoms in total. The Balaban J connectivity index is 1.21. The fraction of sp³-hybridized carbons (Fsp3) is 0.549. The van der Waals surface area contributed by atoms with Crippen LogP contribution in [0.3, 0.4) is 0 Å². The van der Waals surface area contributed by atoms with Crippen LogP contribution in [0.25, 0.3) is 21.8 Å². The number of aromatic hydroxyl groups is 1. The first kappa shape index (κ1) is 107. The lowest BCUT2D eigenvalue weighted by atomic mass is 9.90. The Labute approximate surface area is 785 Å². The summed E-state index contributed by atoms with van der Waals surface area (Å²) in [6.45, 7) is 5.53. The lowest BCUT2D eigenvalue weighted by molar-refractivity contribution is -0.149. The maximum atomic E-state index is 16.0. The van der Waals surface area contributed by atoms with Crippen molar-refractivity contribution in [3.8, 4) is 5.75 Å². The highest BCUT2D eigenvalue weighted by Gasteiger charge is 2.47. The van der Waals surface area contributed by atoms with Crippen LogP contribution in [0, 0.1) is 11.8 Å². The third-order valence-corrected chi connectivity index (χ3v) is 25.4. The highest BCUT2D eigenvalue weighted by atomic mass is 32.2. The normalized spacial score (nSPS) is 24.8. The molecule has 0 saturated carbocycles. The molecule has 3 fully saturated rings. The Morgan fingerprint density at radius 2 is 1.16 bits per heavy atom. The fourth-order valence-electron chi connectivity index (χ4n) is 16.9. The minimum absolute atomic E-state index is 0.00572. The Kier molecular flexibility index (Phi) is 40.4. The predicted molar refractivity (Wildman–Crippen MR) is 495 cm³/mol. The van der Waals surface area contributed by atoms with E-state index >= 15 is 33.6 Å². The summed E-state index contributed by atoms with van der Waals surface area (Å²) in [5.41, 5.74) is 31.5. The van der Waals surface area contributed by atoms with Gasteiger partial charge in [0.2, 0.25) is 100 Å². The Bertz CT molecular complexity index is 5120. The summed E-state index contributed by atoms with van der Waals surface area (Å²) in [4.78, 5) is 283. The third-order valence-electron chi connectivity index (χ3n) is 24.3. The SMILES string of the molecule is CCCC[C@H]1C(=O)N(C)[C@@H](CCCC)C(=O)N[C@@H](CC(C)C)C(=O)N[C@H](C(=O)NCC(N)=O)CSCC(=O)N[C@@H](Cc2ccc(O)cc2)C(=O)N(C)[C@@H](C)C(=O)N[C@@H](CC(N)=O)C(=O)N2CCC[C@H]2C(=O)N[C@@H](CN)C(=O)N[C@@H](CCC(N)=O)C(=O)N2C[C@H](O)C[C@H]2C(=O)C[C@@H](Cc2c[nH]c3ccccc23)C(=O)N[C@@H](CCN)C(=O)N[C@@H](Cc2cn(CC(=O)O)c3ccccc23)C(=O)N1C. The quantitative estimate of drug-likeness (QED) is 0.0250. The minimum Gasteiger partial charge on any atom is -0.508 e. The number of phenols is 1. The van der Waals surface area contributed by atoms with Crippen LogP contribution in [0.5, 0.6) is 5.75 Å². The number of para-hydroxylation sites is 2. The van der Waals surface area contributed by atoms with Gasteiger partial charge in [-0.15, -0.1) is 11.8 Å². The molecule has 0 aliphatic carbocycles. The number of carboxylic acid groups (broad SMARTS) is 1. The van der Waals surface area contributed by atoms with Crippen LogP contribution < -0.4 is 76.5 Å². The van der Waals surface area contributed by atoms with Gasteiger partial charge in [-0.25, -0.2) is 0 Å². The number of H-pyrrole nitrogens is 1. The van der Waals surface area contributed by atoms with Crippen molar-refractivity contribution in [1.82, 2.24) is 81.9 Å². The van der Waals surface area contributed by atoms with Crippen molar-refractivity contribution in [2.24, 2.45) is 40.5 Å². The van der Waals surface area contributed by atoms with Crippen LogP contribution >= 0.6 is 11.8 Å². The van der Waals surface area contributed by atoms with Gasteiger partial charge < -0.3 is 126 Å². The lowest BCUT2D eigenvalue weighted by Crippen LogP contribution is -2.61. The lowest BCUT2D eigenvalue weighted by Gasteiger charge is -2.36. The summed E-state index contributed by atoms with van der Waals surface area (Å²) in [5, 5.41) is 56.3. The summed E-state index contributed by atoms with van der Waals surface area (Å²) in [6.07, 6.45) is -0.943. The number of unbranched alkanes of at least 4 members (excludes halogenated alkanes) is 2. The number of phenolic OH excluding ortho intramolecular Hbond substituents is 1. The van der Waals surface area contributed by atoms with Crippen molar-refractivity contribution in [1.29, 1.82) is 0 Å². The molecular weight excluding hydrogens is 1770 g/mol. The first-order valence-corrected chi connectivity index (χ1v) is 46.5. The summed E-state index contributed by atoms with van der Waals surface area (Å²) in [7, 11) is 3.88. The van der Waals surface area contributed by atoms with Gasteiger partial charge in [-0.3, -0.25) is 91.1 Å². The topological polar surface area (TPSA) is 660 Å². The molecular formula is C91H129N21O22S. The molecule has 2 aromatic heterocycles. The molecule has 736 valence electrons. The highest BCUT2D eigenvalue weighted by molar-refractivity contribution is 8.00. The zero-order valence-corrected chi connectivity index (χ0v) is 78.1. The molecule has 3 aliphatic heterocycles. The number of aliphatic carboxylic acids is 1. The Morgan fingerprint density at radius 1 is 0.570 bits per heavy atom. The average molecular weight is 1900 g/mol. The van der Waals surface area contributed by atoms with E-state index < -0.39 is 273 Å². The highest BCUT2D eigenvalue weighted by Crippen LogP contribution is 2.31. The molecule has 0 radical (unpaired) electrons. The summed E-state index contributed by atoms with van der Waals surface area (Å²) >= 11 is 0.775. The van der Waals surface area contributed by atoms with E-state index in [4.69, 9.17) is 28.7 Å². The molecule has 15 atom stereocenters. The molecule has 23 N–H and O–H groups in total. The molecule has 0 unspecified atom stereocenters. The molecule has 0 bridgehead atoms. The molecule has 8 rings (SSSR count). The number of fused-ring (bicyclic) bond motifs is 4. The number of nitrogens with zero attached hydrogens (tertiary/aromatic N) is 6. The molecule has 3 aromatic carbocycles. The standard InChI is InChI=1S/C91H129N21O22S/c1-9-11-21-69-85(128)102-62(34-49(3)4)83(126)106-67(81(124)98-43-76(96)118)47-135-48-77(119)99-63(35-51-25-27-55(113)28-26-51)87(130)107(6)50(5)79(122)103-65(40-75(95)117)90(133)111-33-17-24-70(111)86(129)105-66(41-93)84(127)101-61(29-30-74(94)116)89(132)112-45-56(114)39-72(112)73(115)38-52(36-53-42-97-59-20-15-13-18-57(53)59)80(123)100-60(31-32-92)82(125)104-64(88(131)109(8)71(22-12-10-2)91(134)108(69)7)37-54-44-110(46-78(120)121)68-23-16-14-19-58(54)68/h13-16,18-20,23,25-28,42,44,49-50,52,56,60-67,69-72,97,113-114H,9-12,17,21-22,24,29-41,43,45-48,92-93H2,1-8H3,(H2,94,116)(H2,95,117)(H2,96,118)(H,98,124)(H,99,119)(H,100,123)(H,101,127)(H,102,128)(H,103,122)(H,104,125)(H,105,129)(H,106,126)(H,120,121)/t50-,52+,56+,60-,61-,62-,63-,64-,65-,66-,67-,69-,70-,71-,72-/m0/s1. The van der Waals surface area contributed by atoms with Crippen molar-refractivity contribution >= 4 is 146 Å². The summed E-state index contributed by atoms with van der Waals surface area (Å²) < 4.78 is 1.43. The number of carbonyl (C=O) groups excluding carboxylic acids is 18. The van der Waals surface area contributed by atoms with E-state index in [1.165, 1.54) is 63.1 Å². The number of aromatic nitrogens is 2. The van der Waals surface area contributed by atoms with E-state index in [9.17, 15) is 72.9 Å². The number of primary amides is 3. The second kappa shape index (κ2) is 50.8. The number of benzene rings is 3. The molecule has 135 heavy (non-hydrogen) atoms. The molecule has 0 spiro atoms. The van der Waals surface area contributed by atoms with Crippen LogP contribution in [0.4, 0.5) is 0 Å². The van der Waals surface area contributed by atoms with Gasteiger partial charge in [0.05, 0.1) is 30.9 Å². The van der Waals surface area contributed by atoms with Gasteiger partial charge in [-0.2, -0.15) is 0 Å². The van der Waals surface area contributed by atoms with Crippen LogP contribution in [0.1, 0.15) is 148 Å². The van der Waals surface area contributed by atoms with Crippen molar-refractivity contribution < 1.29 is 106 Å². The van der Waals surface area contributed by atoms with Gasteiger partial charge in [0.1, 0.15) is 84.8 Å². The first-order chi connectivity index (χ1) is 64.1. The van der Waals surface area contributed by atoms with Crippen molar-refractivity contribution in [2.45, 2.75) is 241 Å². The molecule has 3 aliphatic rings. The van der Waals surface area contributed by atoms with Crippen LogP contribution in [-0.4, -0.2) is 312 Å². The second-order valence-electron chi connectivity index (χ2n) is 35.0. The molecule has 17 amide bonds. The zero-order chi connectivity index (χ0) is 99.4. The number of nitrogens with two attached hydrogens (primary N) is 5. The number of aliphatic hydroxyl groups is 1. The summed E-state index contributed by atoms with van der Waals surface area (Å²) in [5.74, 6) is -21.1. The molecule has 5 heterocycles. The first-order valence-electron chi connectivity index (χ1n) is 45.3. The summed E-state index contributed by atoms with van der Waals surface area (Å²) in [6, 6.07) is -1.16. The number of rotatable bonds is 27. The smallest absolute Gasteiger partial charge is 0.323 e. The van der Waals surface area contributed by atoms with Crippen molar-refractivity contribution in [2.75, 3.05) is 65.4 Å². The number of amides is 17. The maximum absolute atomic E-state index is 16.0.